The van der Waals surface area contributed by atoms with Gasteiger partial charge in [0.1, 0.15) is 11.6 Å². The van der Waals surface area contributed by atoms with Crippen LogP contribution in [-0.2, 0) is 16.0 Å². The van der Waals surface area contributed by atoms with Crippen molar-refractivity contribution >= 4 is 23.6 Å². The van der Waals surface area contributed by atoms with Gasteiger partial charge < -0.3 is 26.2 Å². The molecule has 2 aromatic carbocycles. The van der Waals surface area contributed by atoms with Crippen molar-refractivity contribution in [2.24, 2.45) is 22.1 Å². The molecule has 0 aromatic heterocycles. The number of amides is 2. The number of carbonyl (C=O) groups is 3. The predicted molar refractivity (Wildman–Crippen MR) is 146 cm³/mol. The zero-order valence-electron chi connectivity index (χ0n) is 22.3. The van der Waals surface area contributed by atoms with E-state index < -0.39 is 17.4 Å². The molecule has 2 amide bonds. The van der Waals surface area contributed by atoms with Gasteiger partial charge in [0.05, 0.1) is 5.41 Å². The molecular formula is C29H38N4O5. The van der Waals surface area contributed by atoms with Gasteiger partial charge in [-0.3, -0.25) is 19.4 Å². The number of nitrogens with two attached hydrogens (primary N) is 1. The molecule has 9 nitrogen and oxygen atoms in total. The van der Waals surface area contributed by atoms with Crippen molar-refractivity contribution in [2.75, 3.05) is 20.1 Å². The molecule has 0 spiro atoms. The molecule has 0 aliphatic carbocycles. The number of nitrogens with one attached hydrogen (secondary N) is 1. The van der Waals surface area contributed by atoms with Gasteiger partial charge in [0.25, 0.3) is 5.91 Å². The summed E-state index contributed by atoms with van der Waals surface area (Å²) in [5, 5.41) is 22.0. The zero-order chi connectivity index (χ0) is 27.9. The van der Waals surface area contributed by atoms with E-state index in [-0.39, 0.29) is 29.9 Å². The molecule has 2 aromatic rings. The topological polar surface area (TPSA) is 145 Å². The Morgan fingerprint density at radius 1 is 1.11 bits per heavy atom. The van der Waals surface area contributed by atoms with Crippen LogP contribution in [0.3, 0.4) is 0 Å². The van der Waals surface area contributed by atoms with Crippen LogP contribution in [0.5, 0.6) is 5.75 Å². The number of carboxylic acid groups (broad SMARTS) is 1. The fourth-order valence-electron chi connectivity index (χ4n) is 4.94. The Kier molecular flexibility index (Phi) is 9.50. The number of aromatic hydroxyl groups is 1. The number of nitrogens with zero attached hydrogens (tertiary/aromatic N) is 2. The number of aryl methyl sites for hydroxylation is 1. The first-order chi connectivity index (χ1) is 18.0. The summed E-state index contributed by atoms with van der Waals surface area (Å²) in [6.45, 7) is 4.67. The summed E-state index contributed by atoms with van der Waals surface area (Å²) in [5.41, 5.74) is 7.00. The highest BCUT2D eigenvalue weighted by atomic mass is 16.4. The minimum absolute atomic E-state index is 0.0654. The van der Waals surface area contributed by atoms with Crippen molar-refractivity contribution in [3.8, 4) is 5.75 Å². The number of carboxylic acids is 1. The summed E-state index contributed by atoms with van der Waals surface area (Å²) in [6.07, 6.45) is 2.44. The number of piperidine rings is 1. The normalized spacial score (nSPS) is 15.7. The summed E-state index contributed by atoms with van der Waals surface area (Å²) in [5.74, 6) is -0.587. The van der Waals surface area contributed by atoms with E-state index >= 15 is 0 Å². The SMILES string of the molecule is CN=C(N)c1ccc(C(=O)NC(CCc2cccc(O)c2)C(C)(C)C(=O)N2CCC(CC(=O)O)CC2)cc1. The van der Waals surface area contributed by atoms with Gasteiger partial charge in [-0.15, -0.1) is 0 Å². The van der Waals surface area contributed by atoms with Crippen LogP contribution in [0.1, 0.15) is 61.0 Å². The Morgan fingerprint density at radius 3 is 2.32 bits per heavy atom. The van der Waals surface area contributed by atoms with Gasteiger partial charge in [0.2, 0.25) is 5.91 Å². The van der Waals surface area contributed by atoms with Crippen molar-refractivity contribution < 1.29 is 24.6 Å². The molecule has 0 saturated carbocycles. The third-order valence-corrected chi connectivity index (χ3v) is 7.41. The number of amidine groups is 1. The average molecular weight is 523 g/mol. The van der Waals surface area contributed by atoms with Gasteiger partial charge in [0, 0.05) is 43.7 Å². The van der Waals surface area contributed by atoms with Crippen LogP contribution in [0.2, 0.25) is 0 Å². The Hall–Kier alpha value is -3.88. The van der Waals surface area contributed by atoms with Gasteiger partial charge in [0.15, 0.2) is 0 Å². The summed E-state index contributed by atoms with van der Waals surface area (Å²) in [4.78, 5) is 43.8. The van der Waals surface area contributed by atoms with E-state index in [0.717, 1.165) is 5.56 Å². The molecule has 3 rings (SSSR count). The average Bonchev–Trinajstić information content (AvgIpc) is 2.90. The summed E-state index contributed by atoms with van der Waals surface area (Å²) < 4.78 is 0. The summed E-state index contributed by atoms with van der Waals surface area (Å²) >= 11 is 0. The third-order valence-electron chi connectivity index (χ3n) is 7.41. The first-order valence-corrected chi connectivity index (χ1v) is 12.9. The first kappa shape index (κ1) is 28.7. The second-order valence-electron chi connectivity index (χ2n) is 10.5. The lowest BCUT2D eigenvalue weighted by molar-refractivity contribution is -0.144. The second-order valence-corrected chi connectivity index (χ2v) is 10.5. The smallest absolute Gasteiger partial charge is 0.303 e. The second kappa shape index (κ2) is 12.6. The number of hydrogen-bond acceptors (Lipinski definition) is 5. The number of likely N-dealkylation sites (tertiary alicyclic amines) is 1. The summed E-state index contributed by atoms with van der Waals surface area (Å²) in [7, 11) is 1.60. The summed E-state index contributed by atoms with van der Waals surface area (Å²) in [6, 6.07) is 13.3. The van der Waals surface area contributed by atoms with Gasteiger partial charge >= 0.3 is 5.97 Å². The zero-order valence-corrected chi connectivity index (χ0v) is 22.3. The molecule has 1 fully saturated rings. The van der Waals surface area contributed by atoms with E-state index in [2.05, 4.69) is 10.3 Å². The van der Waals surface area contributed by atoms with Crippen LogP contribution in [0.4, 0.5) is 0 Å². The van der Waals surface area contributed by atoms with E-state index in [0.29, 0.717) is 55.7 Å². The van der Waals surface area contributed by atoms with Crippen LogP contribution in [0.25, 0.3) is 0 Å². The molecule has 0 bridgehead atoms. The van der Waals surface area contributed by atoms with Crippen LogP contribution in [-0.4, -0.2) is 64.9 Å². The fraction of sp³-hybridized carbons (Fsp3) is 0.448. The number of benzene rings is 2. The lowest BCUT2D eigenvalue weighted by atomic mass is 9.79. The quantitative estimate of drug-likeness (QED) is 0.279. The van der Waals surface area contributed by atoms with Crippen molar-refractivity contribution in [3.05, 3.63) is 65.2 Å². The van der Waals surface area contributed by atoms with Crippen LogP contribution >= 0.6 is 0 Å². The van der Waals surface area contributed by atoms with Crippen molar-refractivity contribution in [1.82, 2.24) is 10.2 Å². The van der Waals surface area contributed by atoms with Crippen LogP contribution in [0.15, 0.2) is 53.5 Å². The predicted octanol–water partition coefficient (Wildman–Crippen LogP) is 3.20. The molecule has 1 aliphatic rings. The number of carbonyl (C=O) groups excluding carboxylic acids is 2. The van der Waals surface area contributed by atoms with E-state index in [1.807, 2.05) is 19.9 Å². The molecule has 5 N–H and O–H groups in total. The maximum atomic E-state index is 13.7. The number of aliphatic carboxylic acids is 1. The van der Waals surface area contributed by atoms with E-state index in [4.69, 9.17) is 10.8 Å². The number of phenols is 1. The molecule has 1 heterocycles. The molecule has 0 radical (unpaired) electrons. The Balaban J connectivity index is 1.78. The lowest BCUT2D eigenvalue weighted by Crippen LogP contribution is -2.55. The van der Waals surface area contributed by atoms with Gasteiger partial charge in [-0.2, -0.15) is 0 Å². The van der Waals surface area contributed by atoms with E-state index in [1.54, 1.807) is 54.4 Å². The van der Waals surface area contributed by atoms with Crippen molar-refractivity contribution in [1.29, 1.82) is 0 Å². The Bertz CT molecular complexity index is 1170. The van der Waals surface area contributed by atoms with E-state index in [1.165, 1.54) is 0 Å². The van der Waals surface area contributed by atoms with E-state index in [9.17, 15) is 19.5 Å². The van der Waals surface area contributed by atoms with Crippen LogP contribution in [0, 0.1) is 11.3 Å². The third kappa shape index (κ3) is 7.34. The molecule has 204 valence electrons. The highest BCUT2D eigenvalue weighted by molar-refractivity contribution is 5.99. The van der Waals surface area contributed by atoms with Crippen molar-refractivity contribution in [3.63, 3.8) is 0 Å². The number of hydrogen-bond donors (Lipinski definition) is 4. The first-order valence-electron chi connectivity index (χ1n) is 12.9. The molecule has 38 heavy (non-hydrogen) atoms. The molecular weight excluding hydrogens is 484 g/mol. The maximum absolute atomic E-state index is 13.7. The fourth-order valence-corrected chi connectivity index (χ4v) is 4.94. The van der Waals surface area contributed by atoms with Crippen molar-refractivity contribution in [2.45, 2.75) is 52.0 Å². The number of rotatable bonds is 10. The lowest BCUT2D eigenvalue weighted by Gasteiger charge is -2.40. The van der Waals surface area contributed by atoms with Gasteiger partial charge in [-0.05, 0) is 75.3 Å². The Morgan fingerprint density at radius 2 is 1.74 bits per heavy atom. The number of aliphatic imine (C=N–C) groups is 1. The standard InChI is InChI=1S/C29H38N4O5/c1-29(2,28(38)33-15-13-20(14-16-33)18-25(35)36)24(12-7-19-5-4-6-23(34)17-19)32-27(37)22-10-8-21(9-11-22)26(30)31-3/h4-6,8-11,17,20,24,34H,7,12-16,18H2,1-3H3,(H2,30,31)(H,32,37)(H,35,36). The molecule has 1 aliphatic heterocycles. The van der Waals surface area contributed by atoms with Gasteiger partial charge in [-0.25, -0.2) is 0 Å². The largest absolute Gasteiger partial charge is 0.508 e. The molecule has 9 heteroatoms. The molecule has 1 unspecified atom stereocenters. The molecule has 1 atom stereocenters. The van der Waals surface area contributed by atoms with Gasteiger partial charge in [-0.1, -0.05) is 24.3 Å². The molecule has 1 saturated heterocycles. The minimum Gasteiger partial charge on any atom is -0.508 e. The Labute approximate surface area is 223 Å². The highest BCUT2D eigenvalue weighted by Crippen LogP contribution is 2.31. The minimum atomic E-state index is -0.925. The van der Waals surface area contributed by atoms with Crippen LogP contribution < -0.4 is 11.1 Å². The monoisotopic (exact) mass is 522 g/mol. The highest BCUT2D eigenvalue weighted by Gasteiger charge is 2.41. The number of phenolic OH excluding ortho intramolecular Hbond substituents is 1. The maximum Gasteiger partial charge on any atom is 0.303 e.